The number of sulfonamides is 1. The van der Waals surface area contributed by atoms with Crippen LogP contribution < -0.4 is 5.32 Å². The normalized spacial score (nSPS) is 16.5. The van der Waals surface area contributed by atoms with Gasteiger partial charge in [-0.05, 0) is 26.7 Å². The molecule has 19 heavy (non-hydrogen) atoms. The van der Waals surface area contributed by atoms with Gasteiger partial charge in [-0.25, -0.2) is 8.42 Å². The lowest BCUT2D eigenvalue weighted by Gasteiger charge is -2.24. The second-order valence-corrected chi connectivity index (χ2v) is 7.01. The van der Waals surface area contributed by atoms with Gasteiger partial charge in [-0.3, -0.25) is 5.10 Å². The van der Waals surface area contributed by atoms with Gasteiger partial charge in [0.15, 0.2) is 5.03 Å². The van der Waals surface area contributed by atoms with E-state index < -0.39 is 10.0 Å². The van der Waals surface area contributed by atoms with Gasteiger partial charge in [0.1, 0.15) is 0 Å². The van der Waals surface area contributed by atoms with Crippen LogP contribution in [0.25, 0.3) is 0 Å². The summed E-state index contributed by atoms with van der Waals surface area (Å²) in [4.78, 5) is 0. The van der Waals surface area contributed by atoms with Crippen molar-refractivity contribution in [3.8, 4) is 0 Å². The lowest BCUT2D eigenvalue weighted by Crippen LogP contribution is -2.37. The van der Waals surface area contributed by atoms with Crippen LogP contribution in [0.3, 0.4) is 0 Å². The van der Waals surface area contributed by atoms with Gasteiger partial charge < -0.3 is 5.32 Å². The molecule has 0 bridgehead atoms. The van der Waals surface area contributed by atoms with Crippen LogP contribution in [0.5, 0.6) is 0 Å². The number of rotatable bonds is 7. The molecule has 7 heteroatoms. The molecule has 0 aromatic carbocycles. The molecule has 0 unspecified atom stereocenters. The Kier molecular flexibility index (Phi) is 4.27. The summed E-state index contributed by atoms with van der Waals surface area (Å²) in [5.74, 6) is 0. The Bertz CT molecular complexity index is 520. The number of H-pyrrole nitrogens is 1. The third kappa shape index (κ3) is 3.16. The molecule has 0 saturated heterocycles. The third-order valence-electron chi connectivity index (χ3n) is 3.29. The number of nitrogens with zero attached hydrogens (tertiary/aromatic N) is 2. The molecular weight excluding hydrogens is 264 g/mol. The molecule has 2 rings (SSSR count). The zero-order valence-corrected chi connectivity index (χ0v) is 12.5. The largest absolute Gasteiger partial charge is 0.310 e. The molecular formula is C12H22N4O2S. The number of nitrogens with one attached hydrogen (secondary N) is 2. The fraction of sp³-hybridized carbons (Fsp3) is 0.750. The first-order valence-corrected chi connectivity index (χ1v) is 8.18. The van der Waals surface area contributed by atoms with Crippen molar-refractivity contribution >= 4 is 10.0 Å². The highest BCUT2D eigenvalue weighted by Gasteiger charge is 2.30. The highest BCUT2D eigenvalue weighted by atomic mass is 32.2. The molecule has 2 N–H and O–H groups in total. The highest BCUT2D eigenvalue weighted by molar-refractivity contribution is 7.89. The molecule has 0 radical (unpaired) electrons. The molecule has 1 heterocycles. The van der Waals surface area contributed by atoms with E-state index >= 15 is 0 Å². The Hall–Kier alpha value is -0.920. The van der Waals surface area contributed by atoms with Gasteiger partial charge in [0.25, 0.3) is 10.0 Å². The van der Waals surface area contributed by atoms with E-state index in [2.05, 4.69) is 15.5 Å². The fourth-order valence-electron chi connectivity index (χ4n) is 2.12. The van der Waals surface area contributed by atoms with Crippen molar-refractivity contribution < 1.29 is 8.42 Å². The van der Waals surface area contributed by atoms with Gasteiger partial charge >= 0.3 is 0 Å². The predicted octanol–water partition coefficient (Wildman–Crippen LogP) is 1.08. The number of aromatic nitrogens is 2. The molecule has 108 valence electrons. The Morgan fingerprint density at radius 2 is 2.21 bits per heavy atom. The summed E-state index contributed by atoms with van der Waals surface area (Å²) in [6, 6.07) is 0.473. The Morgan fingerprint density at radius 1 is 1.53 bits per heavy atom. The second-order valence-electron chi connectivity index (χ2n) is 5.18. The molecule has 0 spiro atoms. The summed E-state index contributed by atoms with van der Waals surface area (Å²) in [6.45, 7) is 6.59. The molecule has 1 aliphatic rings. The third-order valence-corrected chi connectivity index (χ3v) is 5.46. The quantitative estimate of drug-likeness (QED) is 0.786. The predicted molar refractivity (Wildman–Crippen MR) is 73.2 cm³/mol. The van der Waals surface area contributed by atoms with Gasteiger partial charge in [-0.1, -0.05) is 6.92 Å². The van der Waals surface area contributed by atoms with E-state index in [9.17, 15) is 8.42 Å². The zero-order valence-electron chi connectivity index (χ0n) is 11.7. The minimum absolute atomic E-state index is 0.0671. The van der Waals surface area contributed by atoms with Crippen LogP contribution in [0.15, 0.2) is 11.2 Å². The summed E-state index contributed by atoms with van der Waals surface area (Å²) in [5.41, 5.74) is 0.714. The molecule has 6 nitrogen and oxygen atoms in total. The van der Waals surface area contributed by atoms with Crippen molar-refractivity contribution in [1.29, 1.82) is 0 Å². The number of hydrogen-bond donors (Lipinski definition) is 2. The van der Waals surface area contributed by atoms with Crippen molar-refractivity contribution in [3.63, 3.8) is 0 Å². The monoisotopic (exact) mass is 286 g/mol. The van der Waals surface area contributed by atoms with Gasteiger partial charge in [0, 0.05) is 30.7 Å². The van der Waals surface area contributed by atoms with Gasteiger partial charge in [0.05, 0.1) is 6.20 Å². The van der Waals surface area contributed by atoms with Gasteiger partial charge in [-0.15, -0.1) is 0 Å². The topological polar surface area (TPSA) is 78.1 Å². The smallest absolute Gasteiger partial charge is 0.260 e. The molecule has 1 aliphatic carbocycles. The maximum atomic E-state index is 12.6. The van der Waals surface area contributed by atoms with Gasteiger partial charge in [-0.2, -0.15) is 9.40 Å². The Balaban J connectivity index is 2.21. The average molecular weight is 286 g/mol. The SMILES string of the molecule is CCN(C(C)C)S(=O)(=O)c1[nH]ncc1CNC1CC1. The second kappa shape index (κ2) is 5.60. The van der Waals surface area contributed by atoms with Crippen LogP contribution in [0, 0.1) is 0 Å². The first-order chi connectivity index (χ1) is 8.96. The fourth-order valence-corrected chi connectivity index (χ4v) is 3.87. The van der Waals surface area contributed by atoms with E-state index in [1.165, 1.54) is 17.1 Å². The summed E-state index contributed by atoms with van der Waals surface area (Å²) >= 11 is 0. The Morgan fingerprint density at radius 3 is 2.74 bits per heavy atom. The highest BCUT2D eigenvalue weighted by Crippen LogP contribution is 2.22. The van der Waals surface area contributed by atoms with Crippen LogP contribution in [-0.2, 0) is 16.6 Å². The molecule has 0 amide bonds. The van der Waals surface area contributed by atoms with E-state index in [1.54, 1.807) is 6.20 Å². The lowest BCUT2D eigenvalue weighted by atomic mass is 10.3. The van der Waals surface area contributed by atoms with Crippen LogP contribution in [-0.4, -0.2) is 41.5 Å². The summed E-state index contributed by atoms with van der Waals surface area (Å²) in [5, 5.41) is 10.1. The lowest BCUT2D eigenvalue weighted by molar-refractivity contribution is 0.367. The van der Waals surface area contributed by atoms with Crippen LogP contribution in [0.1, 0.15) is 39.2 Å². The van der Waals surface area contributed by atoms with Crippen molar-refractivity contribution in [2.24, 2.45) is 0 Å². The van der Waals surface area contributed by atoms with Crippen LogP contribution in [0.4, 0.5) is 0 Å². The molecule has 1 saturated carbocycles. The van der Waals surface area contributed by atoms with E-state index in [-0.39, 0.29) is 11.1 Å². The average Bonchev–Trinajstić information content (AvgIpc) is 3.02. The molecule has 0 aliphatic heterocycles. The molecule has 1 fully saturated rings. The number of hydrogen-bond acceptors (Lipinski definition) is 4. The molecule has 1 aromatic heterocycles. The summed E-state index contributed by atoms with van der Waals surface area (Å²) in [7, 11) is -3.49. The standard InChI is InChI=1S/C12H22N4O2S/c1-4-16(9(2)3)19(17,18)12-10(8-14-15-12)7-13-11-5-6-11/h8-9,11,13H,4-7H2,1-3H3,(H,14,15). The van der Waals surface area contributed by atoms with E-state index in [0.29, 0.717) is 24.7 Å². The van der Waals surface area contributed by atoms with Crippen molar-refractivity contribution in [2.45, 2.75) is 57.3 Å². The van der Waals surface area contributed by atoms with E-state index in [0.717, 1.165) is 0 Å². The van der Waals surface area contributed by atoms with Gasteiger partial charge in [0.2, 0.25) is 0 Å². The zero-order chi connectivity index (χ0) is 14.0. The van der Waals surface area contributed by atoms with E-state index in [4.69, 9.17) is 0 Å². The van der Waals surface area contributed by atoms with Crippen molar-refractivity contribution in [3.05, 3.63) is 11.8 Å². The van der Waals surface area contributed by atoms with Crippen LogP contribution >= 0.6 is 0 Å². The summed E-state index contributed by atoms with van der Waals surface area (Å²) < 4.78 is 26.6. The van der Waals surface area contributed by atoms with Crippen molar-refractivity contribution in [1.82, 2.24) is 19.8 Å². The first kappa shape index (κ1) is 14.5. The maximum absolute atomic E-state index is 12.6. The summed E-state index contributed by atoms with van der Waals surface area (Å²) in [6.07, 6.45) is 3.94. The minimum atomic E-state index is -3.49. The first-order valence-electron chi connectivity index (χ1n) is 6.74. The maximum Gasteiger partial charge on any atom is 0.260 e. The van der Waals surface area contributed by atoms with Crippen molar-refractivity contribution in [2.75, 3.05) is 6.54 Å². The number of aromatic amines is 1. The molecule has 0 atom stereocenters. The minimum Gasteiger partial charge on any atom is -0.310 e. The molecule has 1 aromatic rings. The van der Waals surface area contributed by atoms with E-state index in [1.807, 2.05) is 20.8 Å². The Labute approximate surface area is 114 Å². The van der Waals surface area contributed by atoms with Crippen LogP contribution in [0.2, 0.25) is 0 Å².